The average molecular weight is 273 g/mol. The van der Waals surface area contributed by atoms with E-state index in [-0.39, 0.29) is 5.56 Å². The number of unbranched alkanes of at least 4 members (excludes halogenated alkanes) is 3. The van der Waals surface area contributed by atoms with Gasteiger partial charge in [-0.25, -0.2) is 9.66 Å². The molecule has 0 spiro atoms. The Morgan fingerprint density at radius 1 is 1.25 bits per heavy atom. The molecule has 0 amide bonds. The van der Waals surface area contributed by atoms with Gasteiger partial charge in [-0.05, 0) is 31.0 Å². The van der Waals surface area contributed by atoms with E-state index in [0.717, 1.165) is 30.3 Å². The lowest BCUT2D eigenvalue weighted by Gasteiger charge is -2.13. The molecule has 0 unspecified atom stereocenters. The molecule has 0 aliphatic carbocycles. The first-order chi connectivity index (χ1) is 9.77. The molecule has 4 nitrogen and oxygen atoms in total. The van der Waals surface area contributed by atoms with Crippen LogP contribution < -0.4 is 11.0 Å². The lowest BCUT2D eigenvalue weighted by molar-refractivity contribution is 0.659. The van der Waals surface area contributed by atoms with Crippen LogP contribution in [0.15, 0.2) is 29.2 Å². The second kappa shape index (κ2) is 7.08. The van der Waals surface area contributed by atoms with Gasteiger partial charge >= 0.3 is 0 Å². The molecule has 2 rings (SSSR count). The normalized spacial score (nSPS) is 10.9. The molecule has 0 aliphatic rings. The van der Waals surface area contributed by atoms with Gasteiger partial charge in [0.1, 0.15) is 0 Å². The van der Waals surface area contributed by atoms with E-state index in [1.807, 2.05) is 25.1 Å². The quantitative estimate of drug-likeness (QED) is 0.789. The molecule has 4 heteroatoms. The molecule has 2 aromatic heterocycles. The van der Waals surface area contributed by atoms with Gasteiger partial charge < -0.3 is 5.43 Å². The molecule has 108 valence electrons. The van der Waals surface area contributed by atoms with Crippen LogP contribution in [-0.2, 0) is 6.42 Å². The van der Waals surface area contributed by atoms with Crippen molar-refractivity contribution in [3.8, 4) is 0 Å². The predicted molar refractivity (Wildman–Crippen MR) is 83.8 cm³/mol. The summed E-state index contributed by atoms with van der Waals surface area (Å²) < 4.78 is 1.61. The van der Waals surface area contributed by atoms with Crippen molar-refractivity contribution in [2.45, 2.75) is 46.0 Å². The highest BCUT2D eigenvalue weighted by Crippen LogP contribution is 2.10. The summed E-state index contributed by atoms with van der Waals surface area (Å²) in [5, 5.41) is 1.00. The highest BCUT2D eigenvalue weighted by atomic mass is 16.1. The molecule has 0 bridgehead atoms. The van der Waals surface area contributed by atoms with Crippen LogP contribution in [0.5, 0.6) is 0 Å². The standard InChI is InChI=1S/C16H23N3O/c1-3-5-6-7-11-18-19-15-14(9-8-10-17-15)12-13(4-2)16(19)20/h8-10,12,18H,3-7,11H2,1-2H3. The van der Waals surface area contributed by atoms with Gasteiger partial charge in [0.05, 0.1) is 0 Å². The van der Waals surface area contributed by atoms with Crippen molar-refractivity contribution in [2.75, 3.05) is 12.0 Å². The van der Waals surface area contributed by atoms with E-state index >= 15 is 0 Å². The SMILES string of the molecule is CCCCCCNn1c(=O)c(CC)cc2cccnc21. The van der Waals surface area contributed by atoms with Gasteiger partial charge in [-0.2, -0.15) is 0 Å². The second-order valence-electron chi connectivity index (χ2n) is 5.05. The van der Waals surface area contributed by atoms with Crippen molar-refractivity contribution in [1.29, 1.82) is 0 Å². The molecule has 2 heterocycles. The monoisotopic (exact) mass is 273 g/mol. The lowest BCUT2D eigenvalue weighted by Crippen LogP contribution is -2.32. The summed E-state index contributed by atoms with van der Waals surface area (Å²) >= 11 is 0. The molecule has 0 saturated heterocycles. The van der Waals surface area contributed by atoms with Gasteiger partial charge in [0.25, 0.3) is 5.56 Å². The van der Waals surface area contributed by atoms with Crippen LogP contribution in [0.2, 0.25) is 0 Å². The Balaban J connectivity index is 2.25. The molecule has 0 radical (unpaired) electrons. The van der Waals surface area contributed by atoms with Gasteiger partial charge in [0, 0.05) is 23.7 Å². The van der Waals surface area contributed by atoms with Crippen molar-refractivity contribution in [3.05, 3.63) is 40.3 Å². The molecule has 20 heavy (non-hydrogen) atoms. The molecule has 0 saturated carbocycles. The van der Waals surface area contributed by atoms with Crippen LogP contribution in [0.25, 0.3) is 11.0 Å². The zero-order chi connectivity index (χ0) is 14.4. The third-order valence-corrected chi connectivity index (χ3v) is 3.52. The van der Waals surface area contributed by atoms with Gasteiger partial charge in [0.15, 0.2) is 5.65 Å². The largest absolute Gasteiger partial charge is 0.321 e. The Morgan fingerprint density at radius 2 is 2.10 bits per heavy atom. The second-order valence-corrected chi connectivity index (χ2v) is 5.05. The number of pyridine rings is 2. The Bertz CT molecular complexity index is 619. The van der Waals surface area contributed by atoms with E-state index < -0.39 is 0 Å². The topological polar surface area (TPSA) is 46.9 Å². The Morgan fingerprint density at radius 3 is 2.85 bits per heavy atom. The van der Waals surface area contributed by atoms with Crippen molar-refractivity contribution < 1.29 is 0 Å². The van der Waals surface area contributed by atoms with Crippen molar-refractivity contribution in [3.63, 3.8) is 0 Å². The minimum Gasteiger partial charge on any atom is -0.321 e. The average Bonchev–Trinajstić information content (AvgIpc) is 2.48. The fourth-order valence-corrected chi connectivity index (χ4v) is 2.34. The summed E-state index contributed by atoms with van der Waals surface area (Å²) in [6.07, 6.45) is 7.19. The van der Waals surface area contributed by atoms with E-state index in [0.29, 0.717) is 5.65 Å². The molecule has 0 aromatic carbocycles. The molecule has 0 aliphatic heterocycles. The maximum Gasteiger partial charge on any atom is 0.273 e. The minimum absolute atomic E-state index is 0.0224. The van der Waals surface area contributed by atoms with Gasteiger partial charge in [-0.3, -0.25) is 4.79 Å². The lowest BCUT2D eigenvalue weighted by atomic mass is 10.1. The maximum absolute atomic E-state index is 12.4. The fourth-order valence-electron chi connectivity index (χ4n) is 2.34. The third kappa shape index (κ3) is 3.18. The van der Waals surface area contributed by atoms with Crippen LogP contribution >= 0.6 is 0 Å². The number of aryl methyl sites for hydroxylation is 1. The van der Waals surface area contributed by atoms with Crippen LogP contribution in [0.1, 0.15) is 45.1 Å². The molecule has 0 fully saturated rings. The first kappa shape index (κ1) is 14.6. The number of rotatable bonds is 7. The van der Waals surface area contributed by atoms with Crippen LogP contribution in [0.3, 0.4) is 0 Å². The molecule has 1 N–H and O–H groups in total. The number of nitrogens with one attached hydrogen (secondary N) is 1. The number of aromatic nitrogens is 2. The summed E-state index contributed by atoms with van der Waals surface area (Å²) in [4.78, 5) is 16.7. The molecule has 0 atom stereocenters. The predicted octanol–water partition coefficient (Wildman–Crippen LogP) is 3.08. The number of hydrogen-bond acceptors (Lipinski definition) is 3. The molecule has 2 aromatic rings. The molecular formula is C16H23N3O. The number of fused-ring (bicyclic) bond motifs is 1. The van der Waals surface area contributed by atoms with Crippen molar-refractivity contribution in [1.82, 2.24) is 9.66 Å². The first-order valence-electron chi connectivity index (χ1n) is 7.51. The van der Waals surface area contributed by atoms with Crippen molar-refractivity contribution >= 4 is 11.0 Å². The summed E-state index contributed by atoms with van der Waals surface area (Å²) in [5.74, 6) is 0. The zero-order valence-corrected chi connectivity index (χ0v) is 12.4. The zero-order valence-electron chi connectivity index (χ0n) is 12.4. The summed E-state index contributed by atoms with van der Waals surface area (Å²) in [5.41, 5.74) is 4.79. The van der Waals surface area contributed by atoms with E-state index in [4.69, 9.17) is 0 Å². The van der Waals surface area contributed by atoms with E-state index in [1.54, 1.807) is 10.9 Å². The Hall–Kier alpha value is -1.84. The highest BCUT2D eigenvalue weighted by molar-refractivity contribution is 5.75. The van der Waals surface area contributed by atoms with Gasteiger partial charge in [-0.15, -0.1) is 0 Å². The minimum atomic E-state index is 0.0224. The van der Waals surface area contributed by atoms with Crippen molar-refractivity contribution in [2.24, 2.45) is 0 Å². The Labute approximate surface area is 119 Å². The molecular weight excluding hydrogens is 250 g/mol. The number of hydrogen-bond donors (Lipinski definition) is 1. The first-order valence-corrected chi connectivity index (χ1v) is 7.51. The summed E-state index contributed by atoms with van der Waals surface area (Å²) in [7, 11) is 0. The van der Waals surface area contributed by atoms with E-state index in [9.17, 15) is 4.79 Å². The maximum atomic E-state index is 12.4. The smallest absolute Gasteiger partial charge is 0.273 e. The van der Waals surface area contributed by atoms with Crippen LogP contribution in [0.4, 0.5) is 0 Å². The van der Waals surface area contributed by atoms with Crippen LogP contribution in [-0.4, -0.2) is 16.2 Å². The fraction of sp³-hybridized carbons (Fsp3) is 0.500. The number of nitrogens with zero attached hydrogens (tertiary/aromatic N) is 2. The third-order valence-electron chi connectivity index (χ3n) is 3.52. The van der Waals surface area contributed by atoms with Crippen LogP contribution in [0, 0.1) is 0 Å². The summed E-state index contributed by atoms with van der Waals surface area (Å²) in [6.45, 7) is 5.00. The van der Waals surface area contributed by atoms with E-state index in [1.165, 1.54) is 19.3 Å². The van der Waals surface area contributed by atoms with Gasteiger partial charge in [0.2, 0.25) is 0 Å². The van der Waals surface area contributed by atoms with E-state index in [2.05, 4.69) is 17.3 Å². The Kier molecular flexibility index (Phi) is 5.16. The highest BCUT2D eigenvalue weighted by Gasteiger charge is 2.08. The van der Waals surface area contributed by atoms with Gasteiger partial charge in [-0.1, -0.05) is 33.1 Å². The summed E-state index contributed by atoms with van der Waals surface area (Å²) in [6, 6.07) is 5.84.